The molecule has 27 heavy (non-hydrogen) atoms. The van der Waals surface area contributed by atoms with Crippen molar-refractivity contribution in [1.82, 2.24) is 14.9 Å². The van der Waals surface area contributed by atoms with Crippen LogP contribution in [0.2, 0.25) is 0 Å². The predicted molar refractivity (Wildman–Crippen MR) is 104 cm³/mol. The lowest BCUT2D eigenvalue weighted by Crippen LogP contribution is -2.53. The summed E-state index contributed by atoms with van der Waals surface area (Å²) < 4.78 is 6.08. The minimum Gasteiger partial charge on any atom is -0.497 e. The van der Waals surface area contributed by atoms with Gasteiger partial charge in [-0.15, -0.1) is 11.3 Å². The summed E-state index contributed by atoms with van der Waals surface area (Å²) >= 11 is 1.45. The monoisotopic (exact) mass is 384 g/mol. The number of hydrogen-bond donors (Lipinski definition) is 2. The lowest BCUT2D eigenvalue weighted by Gasteiger charge is -2.35. The normalized spacial score (nSPS) is 14.3. The highest BCUT2D eigenvalue weighted by Gasteiger charge is 2.31. The average molecular weight is 384 g/mol. The van der Waals surface area contributed by atoms with E-state index in [-0.39, 0.29) is 5.91 Å². The Bertz CT molecular complexity index is 998. The van der Waals surface area contributed by atoms with E-state index in [2.05, 4.69) is 21.4 Å². The van der Waals surface area contributed by atoms with Crippen LogP contribution in [0, 0.1) is 6.92 Å². The Balaban J connectivity index is 1.59. The van der Waals surface area contributed by atoms with Gasteiger partial charge in [0.15, 0.2) is 5.69 Å². The van der Waals surface area contributed by atoms with Crippen molar-refractivity contribution in [2.24, 2.45) is 0 Å². The first-order chi connectivity index (χ1) is 13.0. The zero-order chi connectivity index (χ0) is 19.0. The Labute approximate surface area is 160 Å². The molecule has 1 aromatic carbocycles. The van der Waals surface area contributed by atoms with Gasteiger partial charge in [0.1, 0.15) is 5.75 Å². The number of aliphatic hydroxyl groups excluding tert-OH is 1. The number of thiophene rings is 1. The van der Waals surface area contributed by atoms with Crippen LogP contribution < -0.4 is 10.1 Å². The number of anilines is 1. The molecule has 0 bridgehead atoms. The van der Waals surface area contributed by atoms with E-state index < -0.39 is 6.10 Å². The molecule has 7 nitrogen and oxygen atoms in total. The summed E-state index contributed by atoms with van der Waals surface area (Å²) in [6.45, 7) is 3.23. The average Bonchev–Trinajstić information content (AvgIpc) is 3.10. The first kappa shape index (κ1) is 17.7. The summed E-state index contributed by atoms with van der Waals surface area (Å²) in [6, 6.07) is 7.86. The van der Waals surface area contributed by atoms with Crippen LogP contribution in [-0.4, -0.2) is 52.2 Å². The van der Waals surface area contributed by atoms with E-state index in [1.54, 1.807) is 12.0 Å². The standard InChI is InChI=1S/C19H20N4O3S/c1-11-5-12(7-14(6-11)26-2)8-20-19-21-15-3-4-27-17(15)16(22-19)18(25)23-9-13(24)10-23/h3-7,13,24H,8-10H2,1-2H3,(H,20,21,22). The molecule has 0 radical (unpaired) electrons. The lowest BCUT2D eigenvalue weighted by molar-refractivity contribution is 0.00567. The van der Waals surface area contributed by atoms with Crippen LogP contribution in [0.25, 0.3) is 10.2 Å². The highest BCUT2D eigenvalue weighted by atomic mass is 32.1. The summed E-state index contributed by atoms with van der Waals surface area (Å²) in [4.78, 5) is 23.3. The second-order valence-corrected chi connectivity index (χ2v) is 7.52. The van der Waals surface area contributed by atoms with Gasteiger partial charge >= 0.3 is 0 Å². The van der Waals surface area contributed by atoms with Crippen molar-refractivity contribution in [2.75, 3.05) is 25.5 Å². The van der Waals surface area contributed by atoms with Crippen LogP contribution in [-0.2, 0) is 6.54 Å². The number of nitrogens with zero attached hydrogens (tertiary/aromatic N) is 3. The van der Waals surface area contributed by atoms with Gasteiger partial charge in [0.25, 0.3) is 5.91 Å². The Morgan fingerprint density at radius 2 is 2.19 bits per heavy atom. The third-order valence-electron chi connectivity index (χ3n) is 4.45. The molecule has 3 aromatic rings. The number of rotatable bonds is 5. The first-order valence-corrected chi connectivity index (χ1v) is 9.52. The number of benzene rings is 1. The molecular weight excluding hydrogens is 364 g/mol. The van der Waals surface area contributed by atoms with Crippen molar-refractivity contribution in [1.29, 1.82) is 0 Å². The molecule has 0 saturated carbocycles. The molecule has 1 saturated heterocycles. The molecule has 1 fully saturated rings. The van der Waals surface area contributed by atoms with Crippen LogP contribution in [0.1, 0.15) is 21.6 Å². The van der Waals surface area contributed by atoms with Crippen LogP contribution >= 0.6 is 11.3 Å². The maximum atomic E-state index is 12.7. The summed E-state index contributed by atoms with van der Waals surface area (Å²) in [7, 11) is 1.64. The smallest absolute Gasteiger partial charge is 0.274 e. The fraction of sp³-hybridized carbons (Fsp3) is 0.316. The first-order valence-electron chi connectivity index (χ1n) is 8.64. The molecule has 1 amide bonds. The van der Waals surface area contributed by atoms with E-state index in [4.69, 9.17) is 4.74 Å². The van der Waals surface area contributed by atoms with Gasteiger partial charge in [-0.25, -0.2) is 9.97 Å². The van der Waals surface area contributed by atoms with E-state index in [1.807, 2.05) is 30.5 Å². The third kappa shape index (κ3) is 3.58. The van der Waals surface area contributed by atoms with E-state index in [9.17, 15) is 9.90 Å². The van der Waals surface area contributed by atoms with Crippen LogP contribution in [0.4, 0.5) is 5.95 Å². The zero-order valence-corrected chi connectivity index (χ0v) is 15.9. The van der Waals surface area contributed by atoms with E-state index in [0.717, 1.165) is 27.1 Å². The van der Waals surface area contributed by atoms with E-state index >= 15 is 0 Å². The van der Waals surface area contributed by atoms with Gasteiger partial charge in [0.05, 0.1) is 23.4 Å². The van der Waals surface area contributed by atoms with Gasteiger partial charge in [-0.2, -0.15) is 0 Å². The fourth-order valence-corrected chi connectivity index (χ4v) is 3.90. The van der Waals surface area contributed by atoms with Gasteiger partial charge in [0, 0.05) is 19.6 Å². The number of likely N-dealkylation sites (tertiary alicyclic amines) is 1. The van der Waals surface area contributed by atoms with E-state index in [0.29, 0.717) is 31.3 Å². The van der Waals surface area contributed by atoms with Crippen molar-refractivity contribution >= 4 is 33.4 Å². The molecule has 0 spiro atoms. The second kappa shape index (κ2) is 7.13. The summed E-state index contributed by atoms with van der Waals surface area (Å²) in [6.07, 6.45) is -0.441. The molecular formula is C19H20N4O3S. The van der Waals surface area contributed by atoms with Crippen molar-refractivity contribution in [2.45, 2.75) is 19.6 Å². The van der Waals surface area contributed by atoms with Crippen molar-refractivity contribution in [3.8, 4) is 5.75 Å². The number of nitrogens with one attached hydrogen (secondary N) is 1. The van der Waals surface area contributed by atoms with Gasteiger partial charge < -0.3 is 20.1 Å². The number of carbonyl (C=O) groups excluding carboxylic acids is 1. The molecule has 8 heteroatoms. The topological polar surface area (TPSA) is 87.6 Å². The number of carbonyl (C=O) groups is 1. The number of amides is 1. The quantitative estimate of drug-likeness (QED) is 0.703. The Morgan fingerprint density at radius 3 is 2.93 bits per heavy atom. The number of methoxy groups -OCH3 is 1. The number of β-amino-alcohol motifs (C(OH)–C–C–N with tert-alkyl or cyclic N) is 1. The number of ether oxygens (including phenoxy) is 1. The number of aromatic nitrogens is 2. The third-order valence-corrected chi connectivity index (χ3v) is 5.36. The summed E-state index contributed by atoms with van der Waals surface area (Å²) in [5.74, 6) is 1.04. The van der Waals surface area contributed by atoms with Gasteiger partial charge in [-0.1, -0.05) is 6.07 Å². The van der Waals surface area contributed by atoms with Gasteiger partial charge in [0.2, 0.25) is 5.95 Å². The van der Waals surface area contributed by atoms with E-state index in [1.165, 1.54) is 11.3 Å². The maximum Gasteiger partial charge on any atom is 0.274 e. The molecule has 0 atom stereocenters. The van der Waals surface area contributed by atoms with Gasteiger partial charge in [-0.05, 0) is 41.6 Å². The molecule has 4 rings (SSSR count). The highest BCUT2D eigenvalue weighted by molar-refractivity contribution is 7.17. The molecule has 2 aromatic heterocycles. The molecule has 3 heterocycles. The van der Waals surface area contributed by atoms with Crippen LogP contribution in [0.5, 0.6) is 5.75 Å². The predicted octanol–water partition coefficient (Wildman–Crippen LogP) is 2.44. The van der Waals surface area contributed by atoms with Crippen molar-refractivity contribution < 1.29 is 14.6 Å². The molecule has 1 aliphatic heterocycles. The molecule has 2 N–H and O–H groups in total. The second-order valence-electron chi connectivity index (χ2n) is 6.61. The highest BCUT2D eigenvalue weighted by Crippen LogP contribution is 2.26. The fourth-order valence-electron chi connectivity index (χ4n) is 3.08. The van der Waals surface area contributed by atoms with Crippen LogP contribution in [0.15, 0.2) is 29.6 Å². The number of fused-ring (bicyclic) bond motifs is 1. The van der Waals surface area contributed by atoms with Gasteiger partial charge in [-0.3, -0.25) is 4.79 Å². The van der Waals surface area contributed by atoms with Crippen molar-refractivity contribution in [3.63, 3.8) is 0 Å². The summed E-state index contributed by atoms with van der Waals surface area (Å²) in [5.41, 5.74) is 3.27. The summed E-state index contributed by atoms with van der Waals surface area (Å²) in [5, 5.41) is 14.6. The van der Waals surface area contributed by atoms with Crippen molar-refractivity contribution in [3.05, 3.63) is 46.5 Å². The lowest BCUT2D eigenvalue weighted by atomic mass is 10.1. The number of aryl methyl sites for hydroxylation is 1. The molecule has 1 aliphatic rings. The molecule has 140 valence electrons. The number of aliphatic hydroxyl groups is 1. The number of hydrogen-bond acceptors (Lipinski definition) is 7. The zero-order valence-electron chi connectivity index (χ0n) is 15.1. The Hall–Kier alpha value is -2.71. The molecule has 0 aliphatic carbocycles. The SMILES string of the molecule is COc1cc(C)cc(CNc2nc(C(=O)N3CC(O)C3)c3sccc3n2)c1. The largest absolute Gasteiger partial charge is 0.497 e. The Kier molecular flexibility index (Phi) is 4.67. The minimum atomic E-state index is -0.441. The Morgan fingerprint density at radius 1 is 1.37 bits per heavy atom. The minimum absolute atomic E-state index is 0.171. The van der Waals surface area contributed by atoms with Crippen LogP contribution in [0.3, 0.4) is 0 Å². The maximum absolute atomic E-state index is 12.7. The molecule has 0 unspecified atom stereocenters.